The maximum atomic E-state index is 5.42. The lowest BCUT2D eigenvalue weighted by atomic mass is 10.0. The normalized spacial score (nSPS) is 20.9. The molecule has 1 saturated heterocycles. The molecule has 2 atom stereocenters. The molecule has 0 radical (unpaired) electrons. The highest BCUT2D eigenvalue weighted by Gasteiger charge is 2.22. The number of fused-ring (bicyclic) bond motifs is 3. The summed E-state index contributed by atoms with van der Waals surface area (Å²) in [7, 11) is 3.26. The number of nitrogens with one attached hydrogen (secondary N) is 1. The average Bonchev–Trinajstić information content (AvgIpc) is 3.03. The standard InChI is InChI=1S/C18H23N5O2/c1-12-5-4-6-22(9-12)10-17-20-21-18-13-7-15(24-2)16(25-3)8-14(13)19-11-23(17)18/h7-8,11-12H,4-6,9-10H2,1-3H3/p+1/t12-/m1/s1. The Labute approximate surface area is 146 Å². The van der Waals surface area contributed by atoms with Crippen LogP contribution in [0.5, 0.6) is 11.5 Å². The van der Waals surface area contributed by atoms with Crippen LogP contribution in [-0.2, 0) is 6.54 Å². The third kappa shape index (κ3) is 2.89. The quantitative estimate of drug-likeness (QED) is 0.769. The molecule has 3 heterocycles. The van der Waals surface area contributed by atoms with E-state index in [2.05, 4.69) is 22.1 Å². The van der Waals surface area contributed by atoms with Crippen molar-refractivity contribution >= 4 is 16.6 Å². The van der Waals surface area contributed by atoms with E-state index in [9.17, 15) is 0 Å². The molecular weight excluding hydrogens is 318 g/mol. The van der Waals surface area contributed by atoms with Crippen LogP contribution in [0.1, 0.15) is 25.6 Å². The van der Waals surface area contributed by atoms with Gasteiger partial charge in [-0.25, -0.2) is 4.98 Å². The Kier molecular flexibility index (Phi) is 4.17. The van der Waals surface area contributed by atoms with E-state index < -0.39 is 0 Å². The number of aromatic nitrogens is 4. The van der Waals surface area contributed by atoms with Crippen LogP contribution in [0.4, 0.5) is 0 Å². The number of hydrogen-bond acceptors (Lipinski definition) is 5. The van der Waals surface area contributed by atoms with Crippen molar-refractivity contribution in [1.29, 1.82) is 0 Å². The smallest absolute Gasteiger partial charge is 0.193 e. The number of ether oxygens (including phenoxy) is 2. The molecule has 0 bridgehead atoms. The predicted molar refractivity (Wildman–Crippen MR) is 94.2 cm³/mol. The Morgan fingerprint density at radius 2 is 2.00 bits per heavy atom. The van der Waals surface area contributed by atoms with Crippen molar-refractivity contribution in [3.05, 3.63) is 24.3 Å². The lowest BCUT2D eigenvalue weighted by Crippen LogP contribution is -3.12. The van der Waals surface area contributed by atoms with E-state index >= 15 is 0 Å². The number of benzene rings is 1. The molecule has 7 heteroatoms. The average molecular weight is 342 g/mol. The van der Waals surface area contributed by atoms with Crippen LogP contribution in [0.15, 0.2) is 18.5 Å². The third-order valence-electron chi connectivity index (χ3n) is 5.09. The zero-order valence-electron chi connectivity index (χ0n) is 15.0. The summed E-state index contributed by atoms with van der Waals surface area (Å²) in [6.45, 7) is 5.61. The fourth-order valence-corrected chi connectivity index (χ4v) is 3.80. The fourth-order valence-electron chi connectivity index (χ4n) is 3.80. The first kappa shape index (κ1) is 16.1. The van der Waals surface area contributed by atoms with Crippen molar-refractivity contribution in [2.24, 2.45) is 5.92 Å². The molecule has 1 unspecified atom stereocenters. The van der Waals surface area contributed by atoms with E-state index in [1.807, 2.05) is 22.9 Å². The molecule has 4 rings (SSSR count). The highest BCUT2D eigenvalue weighted by molar-refractivity contribution is 5.93. The SMILES string of the molecule is COc1cc2ncn3c(C[NH+]4CCC[C@@H](C)C4)nnc3c2cc1OC. The van der Waals surface area contributed by atoms with Crippen molar-refractivity contribution < 1.29 is 14.4 Å². The van der Waals surface area contributed by atoms with Gasteiger partial charge in [-0.05, 0) is 18.9 Å². The maximum absolute atomic E-state index is 5.42. The Morgan fingerprint density at radius 3 is 2.76 bits per heavy atom. The minimum absolute atomic E-state index is 0.665. The van der Waals surface area contributed by atoms with Gasteiger partial charge < -0.3 is 14.4 Å². The molecule has 0 saturated carbocycles. The van der Waals surface area contributed by atoms with Crippen molar-refractivity contribution in [2.45, 2.75) is 26.3 Å². The van der Waals surface area contributed by atoms with Gasteiger partial charge in [0.1, 0.15) is 12.9 Å². The van der Waals surface area contributed by atoms with Crippen LogP contribution in [0.25, 0.3) is 16.6 Å². The second-order valence-corrected chi connectivity index (χ2v) is 6.91. The molecule has 25 heavy (non-hydrogen) atoms. The van der Waals surface area contributed by atoms with Crippen LogP contribution in [-0.4, -0.2) is 46.9 Å². The second kappa shape index (κ2) is 6.48. The topological polar surface area (TPSA) is 66.0 Å². The van der Waals surface area contributed by atoms with Gasteiger partial charge in [0.05, 0.1) is 32.8 Å². The first-order valence-electron chi connectivity index (χ1n) is 8.77. The largest absolute Gasteiger partial charge is 0.493 e. The predicted octanol–water partition coefficient (Wildman–Crippen LogP) is 1.11. The summed E-state index contributed by atoms with van der Waals surface area (Å²) in [5.74, 6) is 3.07. The fraction of sp³-hybridized carbons (Fsp3) is 0.500. The maximum Gasteiger partial charge on any atom is 0.193 e. The van der Waals surface area contributed by atoms with Gasteiger partial charge in [0.2, 0.25) is 0 Å². The Morgan fingerprint density at radius 1 is 1.20 bits per heavy atom. The molecule has 0 spiro atoms. The Bertz CT molecular complexity index is 907. The lowest BCUT2D eigenvalue weighted by Gasteiger charge is -2.27. The molecule has 132 valence electrons. The van der Waals surface area contributed by atoms with Crippen molar-refractivity contribution in [3.8, 4) is 11.5 Å². The first-order chi connectivity index (χ1) is 12.2. The summed E-state index contributed by atoms with van der Waals surface area (Å²) >= 11 is 0. The van der Waals surface area contributed by atoms with Crippen LogP contribution in [0, 0.1) is 5.92 Å². The van der Waals surface area contributed by atoms with Crippen LogP contribution in [0.2, 0.25) is 0 Å². The van der Waals surface area contributed by atoms with Gasteiger partial charge in [-0.1, -0.05) is 6.92 Å². The van der Waals surface area contributed by atoms with Gasteiger partial charge in [-0.3, -0.25) is 4.40 Å². The van der Waals surface area contributed by atoms with Gasteiger partial charge in [-0.15, -0.1) is 10.2 Å². The van der Waals surface area contributed by atoms with Crippen LogP contribution in [0.3, 0.4) is 0 Å². The number of quaternary nitrogens is 1. The number of piperidine rings is 1. The number of hydrogen-bond donors (Lipinski definition) is 1. The summed E-state index contributed by atoms with van der Waals surface area (Å²) in [6.07, 6.45) is 4.43. The molecule has 1 aliphatic rings. The van der Waals surface area contributed by atoms with Crippen molar-refractivity contribution in [1.82, 2.24) is 19.6 Å². The molecule has 0 amide bonds. The van der Waals surface area contributed by atoms with E-state index in [0.29, 0.717) is 11.5 Å². The number of likely N-dealkylation sites (tertiary alicyclic amines) is 1. The highest BCUT2D eigenvalue weighted by Crippen LogP contribution is 2.32. The minimum Gasteiger partial charge on any atom is -0.493 e. The second-order valence-electron chi connectivity index (χ2n) is 6.91. The monoisotopic (exact) mass is 342 g/mol. The summed E-state index contributed by atoms with van der Waals surface area (Å²) in [5, 5.41) is 9.79. The van der Waals surface area contributed by atoms with E-state index in [0.717, 1.165) is 34.8 Å². The highest BCUT2D eigenvalue weighted by atomic mass is 16.5. The molecule has 3 aromatic rings. The van der Waals surface area contributed by atoms with Crippen molar-refractivity contribution in [3.63, 3.8) is 0 Å². The van der Waals surface area contributed by atoms with E-state index in [1.165, 1.54) is 25.9 Å². The van der Waals surface area contributed by atoms with E-state index in [-0.39, 0.29) is 0 Å². The molecular formula is C18H24N5O2+. The molecule has 0 aliphatic carbocycles. The minimum atomic E-state index is 0.665. The first-order valence-corrected chi connectivity index (χ1v) is 8.77. The number of nitrogens with zero attached hydrogens (tertiary/aromatic N) is 4. The molecule has 1 N–H and O–H groups in total. The summed E-state index contributed by atoms with van der Waals surface area (Å²) in [5.41, 5.74) is 1.63. The van der Waals surface area contributed by atoms with Gasteiger partial charge in [0.25, 0.3) is 0 Å². The van der Waals surface area contributed by atoms with Gasteiger partial charge >= 0.3 is 0 Å². The lowest BCUT2D eigenvalue weighted by molar-refractivity contribution is -0.922. The van der Waals surface area contributed by atoms with Crippen LogP contribution >= 0.6 is 0 Å². The zero-order chi connectivity index (χ0) is 17.4. The Hall–Kier alpha value is -2.41. The number of methoxy groups -OCH3 is 2. The van der Waals surface area contributed by atoms with Gasteiger partial charge in [0.15, 0.2) is 23.0 Å². The molecule has 1 aromatic carbocycles. The van der Waals surface area contributed by atoms with Gasteiger partial charge in [0, 0.05) is 17.4 Å². The molecule has 1 fully saturated rings. The van der Waals surface area contributed by atoms with Gasteiger partial charge in [-0.2, -0.15) is 0 Å². The summed E-state index contributed by atoms with van der Waals surface area (Å²) < 4.78 is 12.8. The Balaban J connectivity index is 1.75. The molecule has 2 aromatic heterocycles. The van der Waals surface area contributed by atoms with E-state index in [4.69, 9.17) is 9.47 Å². The van der Waals surface area contributed by atoms with E-state index in [1.54, 1.807) is 19.1 Å². The summed E-state index contributed by atoms with van der Waals surface area (Å²) in [4.78, 5) is 6.14. The number of rotatable bonds is 4. The molecule has 1 aliphatic heterocycles. The third-order valence-corrected chi connectivity index (χ3v) is 5.09. The van der Waals surface area contributed by atoms with Crippen molar-refractivity contribution in [2.75, 3.05) is 27.3 Å². The zero-order valence-corrected chi connectivity index (χ0v) is 15.0. The molecule has 7 nitrogen and oxygen atoms in total. The summed E-state index contributed by atoms with van der Waals surface area (Å²) in [6, 6.07) is 3.80. The van der Waals surface area contributed by atoms with Crippen LogP contribution < -0.4 is 14.4 Å².